The first-order chi connectivity index (χ1) is 6.54. The van der Waals surface area contributed by atoms with Crippen molar-refractivity contribution in [2.24, 2.45) is 5.18 Å². The van der Waals surface area contributed by atoms with Crippen molar-refractivity contribution in [2.45, 2.75) is 20.8 Å². The molecule has 0 aromatic heterocycles. The van der Waals surface area contributed by atoms with E-state index in [0.29, 0.717) is 5.69 Å². The summed E-state index contributed by atoms with van der Waals surface area (Å²) in [5, 5.41) is 6.08. The molecule has 0 aliphatic heterocycles. The van der Waals surface area contributed by atoms with Gasteiger partial charge in [0.1, 0.15) is 5.69 Å². The second-order valence-corrected chi connectivity index (χ2v) is 3.45. The summed E-state index contributed by atoms with van der Waals surface area (Å²) in [6.07, 6.45) is 0. The molecule has 14 heavy (non-hydrogen) atoms. The van der Waals surface area contributed by atoms with Gasteiger partial charge in [0.25, 0.3) is 0 Å². The van der Waals surface area contributed by atoms with E-state index in [1.54, 1.807) is 6.07 Å². The molecule has 3 heteroatoms. The van der Waals surface area contributed by atoms with Gasteiger partial charge in [0.15, 0.2) is 0 Å². The second-order valence-electron chi connectivity index (χ2n) is 3.45. The fourth-order valence-electron chi connectivity index (χ4n) is 1.26. The molecule has 74 valence electrons. The molecule has 0 bridgehead atoms. The summed E-state index contributed by atoms with van der Waals surface area (Å²) >= 11 is 0. The van der Waals surface area contributed by atoms with Crippen molar-refractivity contribution in [2.75, 3.05) is 5.32 Å². The minimum absolute atomic E-state index is 0.495. The largest absolute Gasteiger partial charge is 0.359 e. The molecule has 0 saturated heterocycles. The maximum Gasteiger partial charge on any atom is 0.111 e. The molecule has 3 nitrogen and oxygen atoms in total. The van der Waals surface area contributed by atoms with Crippen LogP contribution >= 0.6 is 0 Å². The van der Waals surface area contributed by atoms with Gasteiger partial charge in [-0.2, -0.15) is 0 Å². The number of rotatable bonds is 3. The summed E-state index contributed by atoms with van der Waals surface area (Å²) in [6, 6.07) is 3.67. The van der Waals surface area contributed by atoms with Crippen LogP contribution < -0.4 is 5.32 Å². The fourth-order valence-corrected chi connectivity index (χ4v) is 1.26. The highest BCUT2D eigenvalue weighted by Gasteiger charge is 2.04. The Hall–Kier alpha value is -1.64. The molecule has 0 aliphatic carbocycles. The topological polar surface area (TPSA) is 41.5 Å². The Labute approximate surface area is 83.8 Å². The highest BCUT2D eigenvalue weighted by molar-refractivity contribution is 5.62. The summed E-state index contributed by atoms with van der Waals surface area (Å²) < 4.78 is 0. The average Bonchev–Trinajstić information content (AvgIpc) is 2.10. The van der Waals surface area contributed by atoms with E-state index < -0.39 is 0 Å². The third-order valence-corrected chi connectivity index (χ3v) is 1.99. The minimum Gasteiger partial charge on any atom is -0.359 e. The molecule has 1 aromatic rings. The number of benzene rings is 1. The number of nitroso groups, excluding NO2 is 1. The molecule has 0 heterocycles. The fraction of sp³-hybridized carbons (Fsp3) is 0.273. The van der Waals surface area contributed by atoms with E-state index in [9.17, 15) is 4.91 Å². The van der Waals surface area contributed by atoms with Crippen LogP contribution in [-0.2, 0) is 0 Å². The van der Waals surface area contributed by atoms with Crippen molar-refractivity contribution in [3.63, 3.8) is 0 Å². The third-order valence-electron chi connectivity index (χ3n) is 1.99. The Bertz CT molecular complexity index is 383. The zero-order chi connectivity index (χ0) is 10.7. The predicted octanol–water partition coefficient (Wildman–Crippen LogP) is 3.65. The average molecular weight is 190 g/mol. The van der Waals surface area contributed by atoms with E-state index in [1.807, 2.05) is 26.8 Å². The van der Waals surface area contributed by atoms with E-state index in [-0.39, 0.29) is 0 Å². The Kier molecular flexibility index (Phi) is 3.02. The monoisotopic (exact) mass is 190 g/mol. The van der Waals surface area contributed by atoms with Crippen LogP contribution in [0.15, 0.2) is 29.6 Å². The molecule has 0 amide bonds. The van der Waals surface area contributed by atoms with Crippen molar-refractivity contribution in [1.29, 1.82) is 0 Å². The van der Waals surface area contributed by atoms with E-state index in [2.05, 4.69) is 17.1 Å². The van der Waals surface area contributed by atoms with Crippen molar-refractivity contribution in [3.05, 3.63) is 40.4 Å². The quantitative estimate of drug-likeness (QED) is 0.739. The summed E-state index contributed by atoms with van der Waals surface area (Å²) in [4.78, 5) is 10.4. The van der Waals surface area contributed by atoms with Crippen LogP contribution in [0.3, 0.4) is 0 Å². The minimum atomic E-state index is 0.495. The maximum absolute atomic E-state index is 10.4. The first-order valence-corrected chi connectivity index (χ1v) is 4.41. The lowest BCUT2D eigenvalue weighted by Gasteiger charge is -2.10. The molecular formula is C11H14N2O. The SMILES string of the molecule is C=C(C)Nc1cc(C)c(N=O)cc1C. The molecule has 0 spiro atoms. The van der Waals surface area contributed by atoms with Crippen LogP contribution in [-0.4, -0.2) is 0 Å². The smallest absolute Gasteiger partial charge is 0.111 e. The predicted molar refractivity (Wildman–Crippen MR) is 59.8 cm³/mol. The molecule has 1 aromatic carbocycles. The Morgan fingerprint density at radius 2 is 2.00 bits per heavy atom. The van der Waals surface area contributed by atoms with E-state index in [1.165, 1.54) is 0 Å². The van der Waals surface area contributed by atoms with Gasteiger partial charge in [0, 0.05) is 11.4 Å². The number of aryl methyl sites for hydroxylation is 2. The molecule has 0 saturated carbocycles. The molecule has 0 radical (unpaired) electrons. The molecule has 0 atom stereocenters. The molecule has 0 aliphatic rings. The second kappa shape index (κ2) is 4.05. The van der Waals surface area contributed by atoms with Crippen LogP contribution in [0.5, 0.6) is 0 Å². The van der Waals surface area contributed by atoms with Crippen LogP contribution in [0, 0.1) is 18.8 Å². The zero-order valence-electron chi connectivity index (χ0n) is 8.72. The molecule has 1 rings (SSSR count). The Morgan fingerprint density at radius 1 is 1.36 bits per heavy atom. The van der Waals surface area contributed by atoms with E-state index in [0.717, 1.165) is 22.5 Å². The summed E-state index contributed by atoms with van der Waals surface area (Å²) in [5.74, 6) is 0. The van der Waals surface area contributed by atoms with Gasteiger partial charge in [-0.25, -0.2) is 0 Å². The van der Waals surface area contributed by atoms with Crippen molar-refractivity contribution < 1.29 is 0 Å². The number of hydrogen-bond acceptors (Lipinski definition) is 3. The first-order valence-electron chi connectivity index (χ1n) is 4.41. The van der Waals surface area contributed by atoms with Crippen LogP contribution in [0.2, 0.25) is 0 Å². The normalized spacial score (nSPS) is 9.64. The van der Waals surface area contributed by atoms with Crippen LogP contribution in [0.1, 0.15) is 18.1 Å². The van der Waals surface area contributed by atoms with E-state index in [4.69, 9.17) is 0 Å². The lowest BCUT2D eigenvalue weighted by Crippen LogP contribution is -1.96. The Balaban J connectivity index is 3.14. The van der Waals surface area contributed by atoms with Crippen molar-refractivity contribution in [1.82, 2.24) is 0 Å². The number of allylic oxidation sites excluding steroid dienone is 1. The van der Waals surface area contributed by atoms with E-state index >= 15 is 0 Å². The maximum atomic E-state index is 10.4. The summed E-state index contributed by atoms with van der Waals surface area (Å²) in [7, 11) is 0. The standard InChI is InChI=1S/C11H14N2O/c1-7(2)12-10-5-9(4)11(13-14)6-8(10)3/h5-6,12H,1H2,2-4H3. The molecule has 0 fully saturated rings. The molecular weight excluding hydrogens is 176 g/mol. The molecule has 0 unspecified atom stereocenters. The molecule has 1 N–H and O–H groups in total. The van der Waals surface area contributed by atoms with Gasteiger partial charge < -0.3 is 5.32 Å². The number of nitrogens with zero attached hydrogens (tertiary/aromatic N) is 1. The van der Waals surface area contributed by atoms with Crippen molar-refractivity contribution >= 4 is 11.4 Å². The van der Waals surface area contributed by atoms with Gasteiger partial charge >= 0.3 is 0 Å². The summed E-state index contributed by atoms with van der Waals surface area (Å²) in [6.45, 7) is 9.45. The van der Waals surface area contributed by atoms with Crippen molar-refractivity contribution in [3.8, 4) is 0 Å². The first kappa shape index (κ1) is 10.4. The zero-order valence-corrected chi connectivity index (χ0v) is 8.72. The van der Waals surface area contributed by atoms with Gasteiger partial charge in [-0.05, 0) is 49.2 Å². The number of nitrogens with one attached hydrogen (secondary N) is 1. The number of hydrogen-bond donors (Lipinski definition) is 1. The van der Waals surface area contributed by atoms with Gasteiger partial charge in [0.05, 0.1) is 0 Å². The van der Waals surface area contributed by atoms with Gasteiger partial charge in [0.2, 0.25) is 0 Å². The van der Waals surface area contributed by atoms with Crippen LogP contribution in [0.25, 0.3) is 0 Å². The van der Waals surface area contributed by atoms with Gasteiger partial charge in [-0.1, -0.05) is 6.58 Å². The Morgan fingerprint density at radius 3 is 2.50 bits per heavy atom. The lowest BCUT2D eigenvalue weighted by atomic mass is 10.1. The van der Waals surface area contributed by atoms with Gasteiger partial charge in [-0.15, -0.1) is 4.91 Å². The van der Waals surface area contributed by atoms with Crippen LogP contribution in [0.4, 0.5) is 11.4 Å². The number of anilines is 1. The highest BCUT2D eigenvalue weighted by atomic mass is 16.3. The highest BCUT2D eigenvalue weighted by Crippen LogP contribution is 2.26. The van der Waals surface area contributed by atoms with Gasteiger partial charge in [-0.3, -0.25) is 0 Å². The third kappa shape index (κ3) is 2.19. The lowest BCUT2D eigenvalue weighted by molar-refractivity contribution is 1.30. The summed E-state index contributed by atoms with van der Waals surface area (Å²) in [5.41, 5.74) is 4.21.